The molecule has 106 valence electrons. The Morgan fingerprint density at radius 2 is 1.85 bits per heavy atom. The highest BCUT2D eigenvalue weighted by Gasteiger charge is 2.60. The van der Waals surface area contributed by atoms with Crippen LogP contribution < -0.4 is 0 Å². The van der Waals surface area contributed by atoms with E-state index in [2.05, 4.69) is 0 Å². The second-order valence-corrected chi connectivity index (χ2v) is 5.47. The number of carboxylic acid groups (broad SMARTS) is 1. The standard InChI is InChI=1S/C15H17NO4/c17-13(9-20-8-10-4-2-1-3-5-10)16-6-11-12(7-16)14(11)15(18)19/h1-5,11-12,14H,6-9H2,(H,18,19)/t11-,12+,14?. The maximum atomic E-state index is 11.9. The highest BCUT2D eigenvalue weighted by atomic mass is 16.5. The van der Waals surface area contributed by atoms with Crippen molar-refractivity contribution in [2.45, 2.75) is 6.61 Å². The van der Waals surface area contributed by atoms with Gasteiger partial charge in [0.25, 0.3) is 0 Å². The van der Waals surface area contributed by atoms with E-state index in [9.17, 15) is 9.59 Å². The Balaban J connectivity index is 1.40. The Morgan fingerprint density at radius 3 is 2.45 bits per heavy atom. The maximum Gasteiger partial charge on any atom is 0.307 e. The van der Waals surface area contributed by atoms with Crippen molar-refractivity contribution in [3.8, 4) is 0 Å². The molecule has 1 heterocycles. The van der Waals surface area contributed by atoms with E-state index in [1.807, 2.05) is 30.3 Å². The lowest BCUT2D eigenvalue weighted by atomic mass is 10.2. The zero-order valence-corrected chi connectivity index (χ0v) is 11.1. The lowest BCUT2D eigenvalue weighted by molar-refractivity contribution is -0.142. The van der Waals surface area contributed by atoms with Gasteiger partial charge in [0.05, 0.1) is 12.5 Å². The van der Waals surface area contributed by atoms with Crippen LogP contribution in [0.3, 0.4) is 0 Å². The topological polar surface area (TPSA) is 66.8 Å². The SMILES string of the molecule is O=C(O)C1[C@H]2CN(C(=O)COCc3ccccc3)C[C@@H]12. The lowest BCUT2D eigenvalue weighted by Gasteiger charge is -2.19. The number of piperidine rings is 1. The van der Waals surface area contributed by atoms with Crippen LogP contribution in [0.4, 0.5) is 0 Å². The molecule has 0 spiro atoms. The van der Waals surface area contributed by atoms with Gasteiger partial charge in [0.1, 0.15) is 6.61 Å². The van der Waals surface area contributed by atoms with E-state index >= 15 is 0 Å². The van der Waals surface area contributed by atoms with Gasteiger partial charge in [0.15, 0.2) is 0 Å². The van der Waals surface area contributed by atoms with E-state index in [1.54, 1.807) is 4.90 Å². The fraction of sp³-hybridized carbons (Fsp3) is 0.467. The van der Waals surface area contributed by atoms with Gasteiger partial charge >= 0.3 is 5.97 Å². The summed E-state index contributed by atoms with van der Waals surface area (Å²) < 4.78 is 5.41. The van der Waals surface area contributed by atoms with Crippen molar-refractivity contribution in [2.24, 2.45) is 17.8 Å². The van der Waals surface area contributed by atoms with Crippen LogP contribution in [0.25, 0.3) is 0 Å². The Morgan fingerprint density at radius 1 is 1.20 bits per heavy atom. The Labute approximate surface area is 117 Å². The molecule has 2 aliphatic rings. The zero-order valence-electron chi connectivity index (χ0n) is 11.1. The molecule has 1 aliphatic carbocycles. The average Bonchev–Trinajstić information content (AvgIpc) is 2.96. The van der Waals surface area contributed by atoms with E-state index in [1.165, 1.54) is 0 Å². The fourth-order valence-electron chi connectivity index (χ4n) is 3.02. The van der Waals surface area contributed by atoms with Crippen LogP contribution >= 0.6 is 0 Å². The number of aliphatic carboxylic acids is 1. The molecule has 3 rings (SSSR count). The molecule has 1 amide bonds. The van der Waals surface area contributed by atoms with Gasteiger partial charge in [-0.2, -0.15) is 0 Å². The van der Waals surface area contributed by atoms with Gasteiger partial charge in [-0.05, 0) is 17.4 Å². The molecule has 0 radical (unpaired) electrons. The van der Waals surface area contributed by atoms with E-state index in [-0.39, 0.29) is 30.3 Å². The van der Waals surface area contributed by atoms with Crippen molar-refractivity contribution in [1.82, 2.24) is 4.90 Å². The van der Waals surface area contributed by atoms with Gasteiger partial charge in [-0.1, -0.05) is 30.3 Å². The molecule has 1 aromatic carbocycles. The summed E-state index contributed by atoms with van der Waals surface area (Å²) in [6, 6.07) is 9.70. The Kier molecular flexibility index (Phi) is 3.44. The molecule has 1 unspecified atom stereocenters. The van der Waals surface area contributed by atoms with Crippen LogP contribution in [0.2, 0.25) is 0 Å². The van der Waals surface area contributed by atoms with Gasteiger partial charge in [0.2, 0.25) is 5.91 Å². The third-order valence-corrected chi connectivity index (χ3v) is 4.17. The molecule has 0 aromatic heterocycles. The fourth-order valence-corrected chi connectivity index (χ4v) is 3.02. The van der Waals surface area contributed by atoms with E-state index in [0.29, 0.717) is 19.7 Å². The minimum Gasteiger partial charge on any atom is -0.481 e. The molecule has 0 bridgehead atoms. The number of carbonyl (C=O) groups is 2. The largest absolute Gasteiger partial charge is 0.481 e. The predicted molar refractivity (Wildman–Crippen MR) is 70.8 cm³/mol. The highest BCUT2D eigenvalue weighted by molar-refractivity contribution is 5.80. The first kappa shape index (κ1) is 13.1. The predicted octanol–water partition coefficient (Wildman–Crippen LogP) is 0.992. The number of hydrogen-bond donors (Lipinski definition) is 1. The lowest BCUT2D eigenvalue weighted by Crippen LogP contribution is -2.35. The quantitative estimate of drug-likeness (QED) is 0.870. The first-order chi connectivity index (χ1) is 9.66. The monoisotopic (exact) mass is 275 g/mol. The third-order valence-electron chi connectivity index (χ3n) is 4.17. The Hall–Kier alpha value is -1.88. The molecule has 3 atom stereocenters. The van der Waals surface area contributed by atoms with Gasteiger partial charge in [0, 0.05) is 13.1 Å². The molecule has 5 heteroatoms. The van der Waals surface area contributed by atoms with Crippen LogP contribution in [0.5, 0.6) is 0 Å². The summed E-state index contributed by atoms with van der Waals surface area (Å²) in [5.41, 5.74) is 1.04. The maximum absolute atomic E-state index is 11.9. The molecular formula is C15H17NO4. The van der Waals surface area contributed by atoms with Gasteiger partial charge in [-0.3, -0.25) is 9.59 Å². The summed E-state index contributed by atoms with van der Waals surface area (Å²) in [5, 5.41) is 8.92. The molecule has 5 nitrogen and oxygen atoms in total. The molecule has 1 saturated carbocycles. The van der Waals surface area contributed by atoms with Crippen molar-refractivity contribution in [2.75, 3.05) is 19.7 Å². The zero-order chi connectivity index (χ0) is 14.1. The molecular weight excluding hydrogens is 258 g/mol. The number of nitrogens with zero attached hydrogens (tertiary/aromatic N) is 1. The summed E-state index contributed by atoms with van der Waals surface area (Å²) in [7, 11) is 0. The number of benzene rings is 1. The van der Waals surface area contributed by atoms with E-state index < -0.39 is 5.97 Å². The van der Waals surface area contributed by atoms with Crippen molar-refractivity contribution in [3.63, 3.8) is 0 Å². The summed E-state index contributed by atoms with van der Waals surface area (Å²) in [6.07, 6.45) is 0. The minimum absolute atomic E-state index is 0.0442. The number of hydrogen-bond acceptors (Lipinski definition) is 3. The number of carbonyl (C=O) groups excluding carboxylic acids is 1. The van der Waals surface area contributed by atoms with E-state index in [0.717, 1.165) is 5.56 Å². The average molecular weight is 275 g/mol. The molecule has 1 N–H and O–H groups in total. The van der Waals surface area contributed by atoms with Crippen molar-refractivity contribution < 1.29 is 19.4 Å². The third kappa shape index (κ3) is 2.54. The van der Waals surface area contributed by atoms with Crippen molar-refractivity contribution in [3.05, 3.63) is 35.9 Å². The van der Waals surface area contributed by atoms with Gasteiger partial charge < -0.3 is 14.7 Å². The first-order valence-electron chi connectivity index (χ1n) is 6.79. The molecule has 20 heavy (non-hydrogen) atoms. The van der Waals surface area contributed by atoms with Crippen LogP contribution in [0.15, 0.2) is 30.3 Å². The first-order valence-corrected chi connectivity index (χ1v) is 6.79. The van der Waals surface area contributed by atoms with E-state index in [4.69, 9.17) is 9.84 Å². The normalized spacial score (nSPS) is 27.2. The second-order valence-electron chi connectivity index (χ2n) is 5.47. The molecule has 2 fully saturated rings. The Bertz CT molecular complexity index is 504. The molecule has 1 aromatic rings. The van der Waals surface area contributed by atoms with Crippen LogP contribution in [0, 0.1) is 17.8 Å². The van der Waals surface area contributed by atoms with Crippen molar-refractivity contribution >= 4 is 11.9 Å². The minimum atomic E-state index is -0.729. The number of likely N-dealkylation sites (tertiary alicyclic amines) is 1. The number of rotatable bonds is 5. The number of fused-ring (bicyclic) bond motifs is 1. The van der Waals surface area contributed by atoms with Crippen LogP contribution in [0.1, 0.15) is 5.56 Å². The summed E-state index contributed by atoms with van der Waals surface area (Å²) in [4.78, 5) is 24.5. The smallest absolute Gasteiger partial charge is 0.307 e. The summed E-state index contributed by atoms with van der Waals surface area (Å²) in [5.74, 6) is -0.690. The van der Waals surface area contributed by atoms with Crippen LogP contribution in [-0.4, -0.2) is 41.6 Å². The van der Waals surface area contributed by atoms with Gasteiger partial charge in [-0.15, -0.1) is 0 Å². The number of ether oxygens (including phenoxy) is 1. The number of amides is 1. The molecule has 1 aliphatic heterocycles. The van der Waals surface area contributed by atoms with Crippen molar-refractivity contribution in [1.29, 1.82) is 0 Å². The van der Waals surface area contributed by atoms with Gasteiger partial charge in [-0.25, -0.2) is 0 Å². The summed E-state index contributed by atoms with van der Waals surface area (Å²) in [6.45, 7) is 1.61. The number of carboxylic acids is 1. The highest BCUT2D eigenvalue weighted by Crippen LogP contribution is 2.51. The van der Waals surface area contributed by atoms with Crippen LogP contribution in [-0.2, 0) is 20.9 Å². The summed E-state index contributed by atoms with van der Waals surface area (Å²) >= 11 is 0. The second kappa shape index (κ2) is 5.25. The molecule has 1 saturated heterocycles.